The van der Waals surface area contributed by atoms with Gasteiger partial charge in [0.05, 0.1) is 17.1 Å². The van der Waals surface area contributed by atoms with Crippen LogP contribution in [0.4, 0.5) is 18.9 Å². The molecule has 2 nitrogen and oxygen atoms in total. The lowest BCUT2D eigenvalue weighted by atomic mass is 10.1. The molecular weight excluding hydrogens is 263 g/mol. The highest BCUT2D eigenvalue weighted by Crippen LogP contribution is 2.39. The van der Waals surface area contributed by atoms with Gasteiger partial charge in [0, 0.05) is 5.69 Å². The maximum absolute atomic E-state index is 12.3. The van der Waals surface area contributed by atoms with Crippen LogP contribution in [-0.2, 0) is 6.18 Å². The molecule has 0 fully saturated rings. The molecule has 0 aliphatic heterocycles. The van der Waals surface area contributed by atoms with Gasteiger partial charge >= 0.3 is 6.18 Å². The molecule has 0 aromatic heterocycles. The summed E-state index contributed by atoms with van der Waals surface area (Å²) in [6.07, 6.45) is -4.46. The lowest BCUT2D eigenvalue weighted by Gasteiger charge is -2.12. The number of nitrogen functional groups attached to an aromatic ring is 1. The standard InChI is InChI=1S/C8H7BrF3NO/c1-14-7-2-4(8(10,11)12)6(13)3-5(7)9/h2-3H,13H2,1H3. The Hall–Kier alpha value is -0.910. The molecule has 1 rings (SSSR count). The van der Waals surface area contributed by atoms with Gasteiger partial charge in [0.2, 0.25) is 0 Å². The van der Waals surface area contributed by atoms with E-state index >= 15 is 0 Å². The van der Waals surface area contributed by atoms with E-state index in [2.05, 4.69) is 15.9 Å². The maximum atomic E-state index is 12.3. The summed E-state index contributed by atoms with van der Waals surface area (Å²) in [5, 5.41) is 0. The molecule has 0 unspecified atom stereocenters. The van der Waals surface area contributed by atoms with E-state index in [0.29, 0.717) is 4.47 Å². The number of hydrogen-bond acceptors (Lipinski definition) is 2. The Morgan fingerprint density at radius 3 is 2.36 bits per heavy atom. The number of halogens is 4. The molecule has 0 saturated carbocycles. The van der Waals surface area contributed by atoms with E-state index < -0.39 is 11.7 Å². The summed E-state index contributed by atoms with van der Waals surface area (Å²) >= 11 is 3.04. The highest BCUT2D eigenvalue weighted by atomic mass is 79.9. The molecule has 0 radical (unpaired) electrons. The van der Waals surface area contributed by atoms with Crippen LogP contribution in [0.1, 0.15) is 5.56 Å². The first-order valence-electron chi connectivity index (χ1n) is 3.56. The fourth-order valence-electron chi connectivity index (χ4n) is 0.971. The molecule has 78 valence electrons. The van der Waals surface area contributed by atoms with Crippen LogP contribution in [0, 0.1) is 0 Å². The van der Waals surface area contributed by atoms with Gasteiger partial charge in [0.1, 0.15) is 5.75 Å². The minimum Gasteiger partial charge on any atom is -0.496 e. The van der Waals surface area contributed by atoms with E-state index in [4.69, 9.17) is 10.5 Å². The number of rotatable bonds is 1. The monoisotopic (exact) mass is 269 g/mol. The van der Waals surface area contributed by atoms with Crippen molar-refractivity contribution >= 4 is 21.6 Å². The van der Waals surface area contributed by atoms with E-state index in [-0.39, 0.29) is 11.4 Å². The summed E-state index contributed by atoms with van der Waals surface area (Å²) in [5.41, 5.74) is 4.01. The van der Waals surface area contributed by atoms with Gasteiger partial charge in [-0.1, -0.05) is 0 Å². The number of hydrogen-bond donors (Lipinski definition) is 1. The van der Waals surface area contributed by atoms with Crippen LogP contribution < -0.4 is 10.5 Å². The summed E-state index contributed by atoms with van der Waals surface area (Å²) in [5.74, 6) is 0.103. The Kier molecular flexibility index (Phi) is 2.94. The Balaban J connectivity index is 3.32. The zero-order chi connectivity index (χ0) is 10.9. The van der Waals surface area contributed by atoms with Crippen molar-refractivity contribution in [2.45, 2.75) is 6.18 Å². The van der Waals surface area contributed by atoms with Crippen LogP contribution in [0.25, 0.3) is 0 Å². The van der Waals surface area contributed by atoms with E-state index in [1.165, 1.54) is 13.2 Å². The number of anilines is 1. The van der Waals surface area contributed by atoms with Crippen LogP contribution in [-0.4, -0.2) is 7.11 Å². The van der Waals surface area contributed by atoms with Crippen LogP contribution in [0.2, 0.25) is 0 Å². The predicted octanol–water partition coefficient (Wildman–Crippen LogP) is 3.06. The first kappa shape index (κ1) is 11.2. The Morgan fingerprint density at radius 1 is 1.36 bits per heavy atom. The second-order valence-corrected chi connectivity index (χ2v) is 3.43. The highest BCUT2D eigenvalue weighted by Gasteiger charge is 2.33. The van der Waals surface area contributed by atoms with Gasteiger partial charge in [0.25, 0.3) is 0 Å². The average molecular weight is 270 g/mol. The zero-order valence-corrected chi connectivity index (χ0v) is 8.74. The van der Waals surface area contributed by atoms with E-state index in [9.17, 15) is 13.2 Å². The number of alkyl halides is 3. The molecule has 0 aliphatic rings. The van der Waals surface area contributed by atoms with Crippen molar-refractivity contribution in [1.82, 2.24) is 0 Å². The fraction of sp³-hybridized carbons (Fsp3) is 0.250. The van der Waals surface area contributed by atoms with Crippen molar-refractivity contribution in [3.63, 3.8) is 0 Å². The molecular formula is C8H7BrF3NO. The lowest BCUT2D eigenvalue weighted by molar-refractivity contribution is -0.137. The normalized spacial score (nSPS) is 11.5. The SMILES string of the molecule is COc1cc(C(F)(F)F)c(N)cc1Br. The van der Waals surface area contributed by atoms with Gasteiger partial charge in [0.15, 0.2) is 0 Å². The van der Waals surface area contributed by atoms with Crippen molar-refractivity contribution in [2.75, 3.05) is 12.8 Å². The number of ether oxygens (including phenoxy) is 1. The largest absolute Gasteiger partial charge is 0.496 e. The van der Waals surface area contributed by atoms with Crippen LogP contribution in [0.3, 0.4) is 0 Å². The van der Waals surface area contributed by atoms with E-state index in [1.54, 1.807) is 0 Å². The van der Waals surface area contributed by atoms with Gasteiger partial charge in [-0.3, -0.25) is 0 Å². The molecule has 0 aliphatic carbocycles. The third kappa shape index (κ3) is 2.12. The number of methoxy groups -OCH3 is 1. The first-order valence-corrected chi connectivity index (χ1v) is 4.35. The minimum absolute atomic E-state index is 0.103. The van der Waals surface area contributed by atoms with Gasteiger partial charge in [-0.15, -0.1) is 0 Å². The Labute approximate surface area is 87.0 Å². The lowest BCUT2D eigenvalue weighted by Crippen LogP contribution is -2.09. The smallest absolute Gasteiger partial charge is 0.418 e. The molecule has 0 amide bonds. The molecule has 0 heterocycles. The van der Waals surface area contributed by atoms with Crippen LogP contribution >= 0.6 is 15.9 Å². The second kappa shape index (κ2) is 3.68. The maximum Gasteiger partial charge on any atom is 0.418 e. The second-order valence-electron chi connectivity index (χ2n) is 2.57. The van der Waals surface area contributed by atoms with E-state index in [0.717, 1.165) is 6.07 Å². The summed E-state index contributed by atoms with van der Waals surface area (Å²) < 4.78 is 42.2. The highest BCUT2D eigenvalue weighted by molar-refractivity contribution is 9.10. The molecule has 0 saturated heterocycles. The quantitative estimate of drug-likeness (QED) is 0.796. The van der Waals surface area contributed by atoms with E-state index in [1.807, 2.05) is 0 Å². The van der Waals surface area contributed by atoms with Gasteiger partial charge in [-0.2, -0.15) is 13.2 Å². The minimum atomic E-state index is -4.46. The summed E-state index contributed by atoms with van der Waals surface area (Å²) in [6, 6.07) is 2.03. The summed E-state index contributed by atoms with van der Waals surface area (Å²) in [4.78, 5) is 0. The predicted molar refractivity (Wildman–Crippen MR) is 50.1 cm³/mol. The molecule has 0 bridgehead atoms. The third-order valence-electron chi connectivity index (χ3n) is 1.63. The molecule has 1 aromatic carbocycles. The summed E-state index contributed by atoms with van der Waals surface area (Å²) in [6.45, 7) is 0. The topological polar surface area (TPSA) is 35.2 Å². The first-order chi connectivity index (χ1) is 6.36. The van der Waals surface area contributed by atoms with Crippen molar-refractivity contribution in [1.29, 1.82) is 0 Å². The van der Waals surface area contributed by atoms with Crippen LogP contribution in [0.15, 0.2) is 16.6 Å². The molecule has 2 N–H and O–H groups in total. The fourth-order valence-corrected chi connectivity index (χ4v) is 1.49. The molecule has 14 heavy (non-hydrogen) atoms. The van der Waals surface area contributed by atoms with Crippen molar-refractivity contribution < 1.29 is 17.9 Å². The van der Waals surface area contributed by atoms with Crippen molar-refractivity contribution in [3.05, 3.63) is 22.2 Å². The van der Waals surface area contributed by atoms with Crippen molar-refractivity contribution in [3.8, 4) is 5.75 Å². The molecule has 6 heteroatoms. The van der Waals surface area contributed by atoms with Gasteiger partial charge < -0.3 is 10.5 Å². The third-order valence-corrected chi connectivity index (χ3v) is 2.25. The Morgan fingerprint density at radius 2 is 1.93 bits per heavy atom. The molecule has 0 spiro atoms. The van der Waals surface area contributed by atoms with Gasteiger partial charge in [-0.05, 0) is 28.1 Å². The summed E-state index contributed by atoms with van der Waals surface area (Å²) in [7, 11) is 1.29. The zero-order valence-electron chi connectivity index (χ0n) is 7.15. The van der Waals surface area contributed by atoms with Gasteiger partial charge in [-0.25, -0.2) is 0 Å². The Bertz CT molecular complexity index is 351. The van der Waals surface area contributed by atoms with Crippen molar-refractivity contribution in [2.24, 2.45) is 0 Å². The number of benzene rings is 1. The molecule has 0 atom stereocenters. The van der Waals surface area contributed by atoms with Crippen LogP contribution in [0.5, 0.6) is 5.75 Å². The average Bonchev–Trinajstić information content (AvgIpc) is 2.02. The number of nitrogens with two attached hydrogens (primary N) is 1. The molecule has 1 aromatic rings.